The average Bonchev–Trinajstić information content (AvgIpc) is 2.25. The van der Waals surface area contributed by atoms with E-state index in [0.29, 0.717) is 5.92 Å². The minimum atomic E-state index is 0.652. The first-order chi connectivity index (χ1) is 7.20. The second kappa shape index (κ2) is 6.12. The standard InChI is InChI=1S/C14H19Br/c1-4-6-8-12(5-2)13-9-7-10-14(15)11(13)3/h4,6-7,9-10,12H,5,8H2,1-3H3/b6-4-. The summed E-state index contributed by atoms with van der Waals surface area (Å²) in [5.74, 6) is 0.652. The molecular weight excluding hydrogens is 248 g/mol. The summed E-state index contributed by atoms with van der Waals surface area (Å²) in [6, 6.07) is 6.49. The molecule has 1 aromatic rings. The summed E-state index contributed by atoms with van der Waals surface area (Å²) >= 11 is 3.59. The zero-order valence-corrected chi connectivity index (χ0v) is 11.3. The van der Waals surface area contributed by atoms with Gasteiger partial charge in [-0.15, -0.1) is 0 Å². The van der Waals surface area contributed by atoms with Crippen molar-refractivity contribution >= 4 is 15.9 Å². The largest absolute Gasteiger partial charge is 0.0916 e. The zero-order valence-electron chi connectivity index (χ0n) is 9.76. The lowest BCUT2D eigenvalue weighted by molar-refractivity contribution is 0.669. The highest BCUT2D eigenvalue weighted by molar-refractivity contribution is 9.10. The van der Waals surface area contributed by atoms with Crippen molar-refractivity contribution in [2.24, 2.45) is 0 Å². The molecule has 0 aromatic heterocycles. The van der Waals surface area contributed by atoms with Gasteiger partial charge in [-0.1, -0.05) is 47.1 Å². The van der Waals surface area contributed by atoms with Crippen molar-refractivity contribution in [2.45, 2.75) is 39.5 Å². The molecule has 82 valence electrons. The summed E-state index contributed by atoms with van der Waals surface area (Å²) < 4.78 is 1.22. The van der Waals surface area contributed by atoms with Gasteiger partial charge in [0.05, 0.1) is 0 Å². The molecule has 15 heavy (non-hydrogen) atoms. The molecule has 0 N–H and O–H groups in total. The summed E-state index contributed by atoms with van der Waals surface area (Å²) in [7, 11) is 0. The van der Waals surface area contributed by atoms with Crippen LogP contribution in [0.4, 0.5) is 0 Å². The molecule has 1 atom stereocenters. The maximum atomic E-state index is 3.59. The van der Waals surface area contributed by atoms with Crippen molar-refractivity contribution in [3.63, 3.8) is 0 Å². The van der Waals surface area contributed by atoms with E-state index in [-0.39, 0.29) is 0 Å². The Kier molecular flexibility index (Phi) is 5.10. The molecule has 0 fully saturated rings. The van der Waals surface area contributed by atoms with Gasteiger partial charge in [0, 0.05) is 4.47 Å². The number of benzene rings is 1. The third kappa shape index (κ3) is 3.20. The van der Waals surface area contributed by atoms with Gasteiger partial charge < -0.3 is 0 Å². The van der Waals surface area contributed by atoms with Crippen molar-refractivity contribution in [1.29, 1.82) is 0 Å². The Morgan fingerprint density at radius 3 is 2.73 bits per heavy atom. The SMILES string of the molecule is C/C=C\CC(CC)c1cccc(Br)c1C. The predicted molar refractivity (Wildman–Crippen MR) is 71.3 cm³/mol. The molecule has 0 aliphatic rings. The molecule has 1 unspecified atom stereocenters. The Hall–Kier alpha value is -0.560. The molecule has 0 saturated heterocycles. The van der Waals surface area contributed by atoms with Crippen LogP contribution in [0.3, 0.4) is 0 Å². The van der Waals surface area contributed by atoms with Crippen LogP contribution in [0.2, 0.25) is 0 Å². The van der Waals surface area contributed by atoms with Crippen LogP contribution < -0.4 is 0 Å². The van der Waals surface area contributed by atoms with Gasteiger partial charge in [-0.25, -0.2) is 0 Å². The Balaban J connectivity index is 2.96. The van der Waals surface area contributed by atoms with Crippen molar-refractivity contribution in [3.05, 3.63) is 46.0 Å². The molecule has 0 saturated carbocycles. The minimum absolute atomic E-state index is 0.652. The Bertz CT molecular complexity index is 339. The van der Waals surface area contributed by atoms with Gasteiger partial charge in [-0.05, 0) is 49.8 Å². The van der Waals surface area contributed by atoms with Crippen LogP contribution in [0.15, 0.2) is 34.8 Å². The first-order valence-electron chi connectivity index (χ1n) is 5.56. The Morgan fingerprint density at radius 1 is 1.40 bits per heavy atom. The molecule has 0 aliphatic heterocycles. The quantitative estimate of drug-likeness (QED) is 0.656. The van der Waals surface area contributed by atoms with E-state index in [4.69, 9.17) is 0 Å². The first kappa shape index (κ1) is 12.5. The molecule has 0 radical (unpaired) electrons. The van der Waals surface area contributed by atoms with Gasteiger partial charge in [0.1, 0.15) is 0 Å². The van der Waals surface area contributed by atoms with Crippen LogP contribution in [0.25, 0.3) is 0 Å². The van der Waals surface area contributed by atoms with Gasteiger partial charge in [-0.3, -0.25) is 0 Å². The van der Waals surface area contributed by atoms with Crippen LogP contribution in [0.5, 0.6) is 0 Å². The van der Waals surface area contributed by atoms with E-state index in [1.807, 2.05) is 0 Å². The van der Waals surface area contributed by atoms with E-state index in [1.54, 1.807) is 0 Å². The summed E-state index contributed by atoms with van der Waals surface area (Å²) in [6.45, 7) is 6.53. The van der Waals surface area contributed by atoms with Crippen LogP contribution in [0.1, 0.15) is 43.7 Å². The second-order valence-corrected chi connectivity index (χ2v) is 4.72. The fourth-order valence-electron chi connectivity index (χ4n) is 1.88. The maximum absolute atomic E-state index is 3.59. The number of rotatable bonds is 4. The first-order valence-corrected chi connectivity index (χ1v) is 6.36. The zero-order chi connectivity index (χ0) is 11.3. The van der Waals surface area contributed by atoms with E-state index in [9.17, 15) is 0 Å². The molecule has 1 rings (SSSR count). The summed E-state index contributed by atoms with van der Waals surface area (Å²) in [5, 5.41) is 0. The van der Waals surface area contributed by atoms with Crippen molar-refractivity contribution in [3.8, 4) is 0 Å². The monoisotopic (exact) mass is 266 g/mol. The molecule has 1 heteroatoms. The maximum Gasteiger partial charge on any atom is 0.0207 e. The minimum Gasteiger partial charge on any atom is -0.0916 e. The van der Waals surface area contributed by atoms with Crippen molar-refractivity contribution in [2.75, 3.05) is 0 Å². The van der Waals surface area contributed by atoms with Gasteiger partial charge >= 0.3 is 0 Å². The van der Waals surface area contributed by atoms with Crippen LogP contribution in [-0.2, 0) is 0 Å². The van der Waals surface area contributed by atoms with Crippen LogP contribution >= 0.6 is 15.9 Å². The molecule has 0 aliphatic carbocycles. The van der Waals surface area contributed by atoms with E-state index < -0.39 is 0 Å². The number of halogens is 1. The molecule has 0 spiro atoms. The highest BCUT2D eigenvalue weighted by atomic mass is 79.9. The van der Waals surface area contributed by atoms with Crippen molar-refractivity contribution < 1.29 is 0 Å². The summed E-state index contributed by atoms with van der Waals surface area (Å²) in [5.41, 5.74) is 2.86. The summed E-state index contributed by atoms with van der Waals surface area (Å²) in [6.07, 6.45) is 6.73. The highest BCUT2D eigenvalue weighted by Gasteiger charge is 2.11. The topological polar surface area (TPSA) is 0 Å². The fourth-order valence-corrected chi connectivity index (χ4v) is 2.26. The van der Waals surface area contributed by atoms with Crippen molar-refractivity contribution in [1.82, 2.24) is 0 Å². The van der Waals surface area contributed by atoms with E-state index in [0.717, 1.165) is 6.42 Å². The van der Waals surface area contributed by atoms with E-state index in [1.165, 1.54) is 22.0 Å². The lowest BCUT2D eigenvalue weighted by Gasteiger charge is -2.16. The Labute approximate surface area is 102 Å². The third-order valence-electron chi connectivity index (χ3n) is 2.90. The average molecular weight is 267 g/mol. The predicted octanol–water partition coefficient (Wildman–Crippen LogP) is 5.22. The normalized spacial score (nSPS) is 13.3. The number of hydrogen-bond donors (Lipinski definition) is 0. The smallest absolute Gasteiger partial charge is 0.0207 e. The molecular formula is C14H19Br. The molecule has 0 nitrogen and oxygen atoms in total. The number of allylic oxidation sites excluding steroid dienone is 2. The lowest BCUT2D eigenvalue weighted by Crippen LogP contribution is -1.99. The van der Waals surface area contributed by atoms with E-state index >= 15 is 0 Å². The van der Waals surface area contributed by atoms with Gasteiger partial charge in [0.2, 0.25) is 0 Å². The summed E-state index contributed by atoms with van der Waals surface area (Å²) in [4.78, 5) is 0. The third-order valence-corrected chi connectivity index (χ3v) is 3.76. The fraction of sp³-hybridized carbons (Fsp3) is 0.429. The molecule has 1 aromatic carbocycles. The highest BCUT2D eigenvalue weighted by Crippen LogP contribution is 2.30. The van der Waals surface area contributed by atoms with Gasteiger partial charge in [0.25, 0.3) is 0 Å². The van der Waals surface area contributed by atoms with Gasteiger partial charge in [-0.2, -0.15) is 0 Å². The van der Waals surface area contributed by atoms with Gasteiger partial charge in [0.15, 0.2) is 0 Å². The van der Waals surface area contributed by atoms with E-state index in [2.05, 4.69) is 67.1 Å². The molecule has 0 bridgehead atoms. The van der Waals surface area contributed by atoms with Crippen LogP contribution in [0, 0.1) is 6.92 Å². The second-order valence-electron chi connectivity index (χ2n) is 3.86. The number of hydrogen-bond acceptors (Lipinski definition) is 0. The Morgan fingerprint density at radius 2 is 2.13 bits per heavy atom. The molecule has 0 amide bonds. The molecule has 0 heterocycles. The van der Waals surface area contributed by atoms with Crippen LogP contribution in [-0.4, -0.2) is 0 Å². The lowest BCUT2D eigenvalue weighted by atomic mass is 9.90.